The van der Waals surface area contributed by atoms with Gasteiger partial charge < -0.3 is 10.1 Å². The predicted octanol–water partition coefficient (Wildman–Crippen LogP) is 3.66. The SMILES string of the molecule is COc1ccc(NC(=O)/C=C/c2cccc(F)c2)cc1S(=O)(=O)N1CCCCC1. The van der Waals surface area contributed by atoms with E-state index in [1.165, 1.54) is 47.8 Å². The highest BCUT2D eigenvalue weighted by atomic mass is 32.2. The molecule has 1 aliphatic heterocycles. The Kier molecular flexibility index (Phi) is 6.66. The van der Waals surface area contributed by atoms with E-state index < -0.39 is 21.7 Å². The van der Waals surface area contributed by atoms with E-state index in [1.54, 1.807) is 18.2 Å². The molecule has 3 rings (SSSR count). The zero-order valence-corrected chi connectivity index (χ0v) is 16.9. The standard InChI is InChI=1S/C21H23FN2O4S/c1-28-19-10-9-18(15-20(19)29(26,27)24-12-3-2-4-13-24)23-21(25)11-8-16-6-5-7-17(22)14-16/h5-11,14-15H,2-4,12-13H2,1H3,(H,23,25)/b11-8+. The number of methoxy groups -OCH3 is 1. The van der Waals surface area contributed by atoms with E-state index in [1.807, 2.05) is 0 Å². The van der Waals surface area contributed by atoms with Gasteiger partial charge in [-0.05, 0) is 54.8 Å². The fourth-order valence-corrected chi connectivity index (χ4v) is 4.87. The first-order valence-electron chi connectivity index (χ1n) is 9.33. The minimum absolute atomic E-state index is 0.0220. The Bertz CT molecular complexity index is 1020. The van der Waals surface area contributed by atoms with Crippen molar-refractivity contribution in [3.63, 3.8) is 0 Å². The Morgan fingerprint density at radius 1 is 1.14 bits per heavy atom. The van der Waals surface area contributed by atoms with Gasteiger partial charge in [-0.25, -0.2) is 12.8 Å². The van der Waals surface area contributed by atoms with Crippen molar-refractivity contribution in [3.05, 3.63) is 59.9 Å². The van der Waals surface area contributed by atoms with E-state index in [2.05, 4.69) is 5.32 Å². The van der Waals surface area contributed by atoms with E-state index in [0.29, 0.717) is 24.3 Å². The number of anilines is 1. The lowest BCUT2D eigenvalue weighted by Gasteiger charge is -2.26. The average Bonchev–Trinajstić information content (AvgIpc) is 2.73. The first kappa shape index (κ1) is 21.0. The molecule has 1 saturated heterocycles. The lowest BCUT2D eigenvalue weighted by Crippen LogP contribution is -2.35. The van der Waals surface area contributed by atoms with Crippen molar-refractivity contribution >= 4 is 27.7 Å². The zero-order valence-electron chi connectivity index (χ0n) is 16.1. The summed E-state index contributed by atoms with van der Waals surface area (Å²) in [4.78, 5) is 12.2. The van der Waals surface area contributed by atoms with Gasteiger partial charge in [0.25, 0.3) is 0 Å². The second kappa shape index (κ2) is 9.19. The molecule has 1 N–H and O–H groups in total. The van der Waals surface area contributed by atoms with Crippen LogP contribution < -0.4 is 10.1 Å². The van der Waals surface area contributed by atoms with Gasteiger partial charge in [0.1, 0.15) is 16.5 Å². The summed E-state index contributed by atoms with van der Waals surface area (Å²) < 4.78 is 46.0. The molecule has 8 heteroatoms. The zero-order chi connectivity index (χ0) is 20.9. The van der Waals surface area contributed by atoms with Crippen LogP contribution in [0.15, 0.2) is 53.4 Å². The third-order valence-electron chi connectivity index (χ3n) is 4.64. The maximum atomic E-state index is 13.2. The second-order valence-electron chi connectivity index (χ2n) is 6.71. The summed E-state index contributed by atoms with van der Waals surface area (Å²) in [6.45, 7) is 0.941. The predicted molar refractivity (Wildman–Crippen MR) is 110 cm³/mol. The summed E-state index contributed by atoms with van der Waals surface area (Å²) in [5, 5.41) is 2.64. The molecule has 154 valence electrons. The molecule has 0 aromatic heterocycles. The van der Waals surface area contributed by atoms with Crippen molar-refractivity contribution < 1.29 is 22.3 Å². The summed E-state index contributed by atoms with van der Waals surface area (Å²) >= 11 is 0. The number of ether oxygens (including phenoxy) is 1. The lowest BCUT2D eigenvalue weighted by atomic mass is 10.2. The van der Waals surface area contributed by atoms with Crippen molar-refractivity contribution in [1.82, 2.24) is 4.31 Å². The number of piperidine rings is 1. The van der Waals surface area contributed by atoms with Crippen molar-refractivity contribution in [2.45, 2.75) is 24.2 Å². The van der Waals surface area contributed by atoms with Crippen molar-refractivity contribution in [3.8, 4) is 5.75 Å². The van der Waals surface area contributed by atoms with Gasteiger partial charge in [0.05, 0.1) is 7.11 Å². The number of carbonyl (C=O) groups is 1. The molecule has 0 spiro atoms. The van der Waals surface area contributed by atoms with Crippen molar-refractivity contribution in [1.29, 1.82) is 0 Å². The van der Waals surface area contributed by atoms with Crippen LogP contribution in [0.25, 0.3) is 6.08 Å². The molecule has 1 amide bonds. The van der Waals surface area contributed by atoms with Crippen LogP contribution in [-0.2, 0) is 14.8 Å². The van der Waals surface area contributed by atoms with Crippen LogP contribution in [0.4, 0.5) is 10.1 Å². The van der Waals surface area contributed by atoms with Crippen LogP contribution in [-0.4, -0.2) is 38.8 Å². The maximum absolute atomic E-state index is 13.2. The minimum Gasteiger partial charge on any atom is -0.495 e. The molecule has 0 atom stereocenters. The molecule has 6 nitrogen and oxygen atoms in total. The van der Waals surface area contributed by atoms with Gasteiger partial charge in [-0.2, -0.15) is 4.31 Å². The Hall–Kier alpha value is -2.71. The average molecular weight is 418 g/mol. The summed E-state index contributed by atoms with van der Waals surface area (Å²) in [6, 6.07) is 10.3. The number of benzene rings is 2. The van der Waals surface area contributed by atoms with Gasteiger partial charge in [0.2, 0.25) is 15.9 Å². The van der Waals surface area contributed by atoms with Crippen LogP contribution >= 0.6 is 0 Å². The topological polar surface area (TPSA) is 75.7 Å². The summed E-state index contributed by atoms with van der Waals surface area (Å²) in [6.07, 6.45) is 5.40. The summed E-state index contributed by atoms with van der Waals surface area (Å²) in [5.41, 5.74) is 0.874. The molecule has 0 saturated carbocycles. The number of sulfonamides is 1. The molecule has 0 unspecified atom stereocenters. The quantitative estimate of drug-likeness (QED) is 0.727. The highest BCUT2D eigenvalue weighted by Crippen LogP contribution is 2.31. The lowest BCUT2D eigenvalue weighted by molar-refractivity contribution is -0.111. The van der Waals surface area contributed by atoms with Gasteiger partial charge in [0, 0.05) is 24.9 Å². The Balaban J connectivity index is 1.80. The smallest absolute Gasteiger partial charge is 0.248 e. The molecule has 2 aromatic carbocycles. The van der Waals surface area contributed by atoms with Crippen LogP contribution in [0.5, 0.6) is 5.75 Å². The molecule has 0 radical (unpaired) electrons. The number of nitrogens with zero attached hydrogens (tertiary/aromatic N) is 1. The molecular weight excluding hydrogens is 395 g/mol. The second-order valence-corrected chi connectivity index (χ2v) is 8.61. The molecule has 1 fully saturated rings. The first-order valence-corrected chi connectivity index (χ1v) is 10.8. The number of carbonyl (C=O) groups excluding carboxylic acids is 1. The third-order valence-corrected chi connectivity index (χ3v) is 6.56. The first-order chi connectivity index (χ1) is 13.9. The monoisotopic (exact) mass is 418 g/mol. The Morgan fingerprint density at radius 2 is 1.90 bits per heavy atom. The normalized spacial score (nSPS) is 15.4. The van der Waals surface area contributed by atoms with E-state index in [9.17, 15) is 17.6 Å². The molecule has 29 heavy (non-hydrogen) atoms. The van der Waals surface area contributed by atoms with Crippen LogP contribution in [0.2, 0.25) is 0 Å². The fraction of sp³-hybridized carbons (Fsp3) is 0.286. The van der Waals surface area contributed by atoms with E-state index in [-0.39, 0.29) is 10.6 Å². The number of halogens is 1. The minimum atomic E-state index is -3.73. The van der Waals surface area contributed by atoms with Gasteiger partial charge in [-0.15, -0.1) is 0 Å². The number of nitrogens with one attached hydrogen (secondary N) is 1. The molecule has 0 bridgehead atoms. The summed E-state index contributed by atoms with van der Waals surface area (Å²) in [5.74, 6) is -0.625. The van der Waals surface area contributed by atoms with E-state index in [0.717, 1.165) is 19.3 Å². The fourth-order valence-electron chi connectivity index (χ4n) is 3.17. The van der Waals surface area contributed by atoms with E-state index in [4.69, 9.17) is 4.74 Å². The summed E-state index contributed by atoms with van der Waals surface area (Å²) in [7, 11) is -2.32. The molecule has 1 heterocycles. The maximum Gasteiger partial charge on any atom is 0.248 e. The van der Waals surface area contributed by atoms with Crippen LogP contribution in [0, 0.1) is 5.82 Å². The number of amides is 1. The largest absolute Gasteiger partial charge is 0.495 e. The number of hydrogen-bond acceptors (Lipinski definition) is 4. The highest BCUT2D eigenvalue weighted by molar-refractivity contribution is 7.89. The van der Waals surface area contributed by atoms with Gasteiger partial charge >= 0.3 is 0 Å². The van der Waals surface area contributed by atoms with Crippen molar-refractivity contribution in [2.24, 2.45) is 0 Å². The number of rotatable bonds is 6. The molecular formula is C21H23FN2O4S. The van der Waals surface area contributed by atoms with Crippen LogP contribution in [0.1, 0.15) is 24.8 Å². The van der Waals surface area contributed by atoms with Gasteiger partial charge in [-0.1, -0.05) is 18.6 Å². The van der Waals surface area contributed by atoms with Crippen LogP contribution in [0.3, 0.4) is 0 Å². The Labute approximate surface area is 170 Å². The Morgan fingerprint density at radius 3 is 2.59 bits per heavy atom. The molecule has 2 aromatic rings. The third kappa shape index (κ3) is 5.21. The molecule has 0 aliphatic carbocycles. The van der Waals surface area contributed by atoms with E-state index >= 15 is 0 Å². The number of hydrogen-bond donors (Lipinski definition) is 1. The van der Waals surface area contributed by atoms with Gasteiger partial charge in [0.15, 0.2) is 0 Å². The molecule has 1 aliphatic rings. The van der Waals surface area contributed by atoms with Gasteiger partial charge in [-0.3, -0.25) is 4.79 Å². The highest BCUT2D eigenvalue weighted by Gasteiger charge is 2.29. The van der Waals surface area contributed by atoms with Crippen molar-refractivity contribution in [2.75, 3.05) is 25.5 Å².